The van der Waals surface area contributed by atoms with Gasteiger partial charge in [-0.1, -0.05) is 40.9 Å². The van der Waals surface area contributed by atoms with Crippen LogP contribution >= 0.6 is 34.8 Å². The smallest absolute Gasteiger partial charge is 0.277 e. The van der Waals surface area contributed by atoms with Crippen LogP contribution < -0.4 is 25.8 Å². The topological polar surface area (TPSA) is 125 Å². The summed E-state index contributed by atoms with van der Waals surface area (Å²) in [5.74, 6) is 0.443. The number of methoxy groups -OCH3 is 1. The molecule has 0 aliphatic rings. The highest BCUT2D eigenvalue weighted by atomic mass is 35.5. The van der Waals surface area contributed by atoms with E-state index < -0.39 is 5.91 Å². The zero-order chi connectivity index (χ0) is 23.1. The van der Waals surface area contributed by atoms with E-state index >= 15 is 0 Å². The molecular weight excluding hydrogens is 481 g/mol. The molecule has 0 aliphatic carbocycles. The Morgan fingerprint density at radius 2 is 1.84 bits per heavy atom. The maximum Gasteiger partial charge on any atom is 0.277 e. The predicted molar refractivity (Wildman–Crippen MR) is 122 cm³/mol. The van der Waals surface area contributed by atoms with E-state index in [2.05, 4.69) is 25.6 Å². The Hall–Kier alpha value is -2.72. The first-order valence-corrected chi connectivity index (χ1v) is 10.5. The predicted octanol–water partition coefficient (Wildman–Crippen LogP) is 3.72. The first-order chi connectivity index (χ1) is 15.4. The quantitative estimate of drug-likeness (QED) is 0.360. The zero-order valence-corrected chi connectivity index (χ0v) is 19.2. The molecule has 3 aromatic rings. The highest BCUT2D eigenvalue weighted by molar-refractivity contribution is 6.36. The van der Waals surface area contributed by atoms with E-state index in [1.54, 1.807) is 30.3 Å². The second-order valence-electron chi connectivity index (χ2n) is 6.51. The third-order valence-corrected chi connectivity index (χ3v) is 5.46. The van der Waals surface area contributed by atoms with Gasteiger partial charge >= 0.3 is 0 Å². The molecule has 1 heterocycles. The van der Waals surface area contributed by atoms with Crippen molar-refractivity contribution in [3.8, 4) is 11.5 Å². The Morgan fingerprint density at radius 3 is 2.50 bits per heavy atom. The Labute approximate surface area is 199 Å². The van der Waals surface area contributed by atoms with Crippen molar-refractivity contribution in [2.75, 3.05) is 25.9 Å². The first kappa shape index (κ1) is 23.9. The van der Waals surface area contributed by atoms with Crippen LogP contribution in [0.5, 0.6) is 11.5 Å². The lowest BCUT2D eigenvalue weighted by Gasteiger charge is -2.15. The minimum atomic E-state index is -0.467. The van der Waals surface area contributed by atoms with Gasteiger partial charge in [-0.05, 0) is 34.1 Å². The van der Waals surface area contributed by atoms with Crippen LogP contribution in [0.2, 0.25) is 15.1 Å². The third-order valence-electron chi connectivity index (χ3n) is 4.40. The van der Waals surface area contributed by atoms with Gasteiger partial charge in [0.25, 0.3) is 5.91 Å². The van der Waals surface area contributed by atoms with Gasteiger partial charge in [0.15, 0.2) is 11.5 Å². The van der Waals surface area contributed by atoms with Gasteiger partial charge in [0.05, 0.1) is 7.11 Å². The molecule has 170 valence electrons. The van der Waals surface area contributed by atoms with Crippen LogP contribution in [0.15, 0.2) is 35.0 Å². The second kappa shape index (κ2) is 11.2. The molecule has 0 aliphatic heterocycles. The normalized spacial score (nSPS) is 10.8. The fraction of sp³-hybridized carbons (Fsp3) is 0.250. The van der Waals surface area contributed by atoms with Crippen LogP contribution in [-0.2, 0) is 13.2 Å². The van der Waals surface area contributed by atoms with E-state index in [0.29, 0.717) is 51.8 Å². The number of nitrogens with zero attached hydrogens (tertiary/aromatic N) is 2. The maximum absolute atomic E-state index is 11.9. The van der Waals surface area contributed by atoms with Crippen LogP contribution in [0.4, 0.5) is 5.82 Å². The van der Waals surface area contributed by atoms with Crippen molar-refractivity contribution in [2.45, 2.75) is 13.2 Å². The maximum atomic E-state index is 11.9. The molecule has 4 N–H and O–H groups in total. The van der Waals surface area contributed by atoms with Crippen molar-refractivity contribution in [1.29, 1.82) is 0 Å². The van der Waals surface area contributed by atoms with Gasteiger partial charge < -0.3 is 25.8 Å². The number of rotatable bonds is 10. The number of ether oxygens (including phenoxy) is 2. The molecule has 9 nitrogen and oxygen atoms in total. The van der Waals surface area contributed by atoms with Gasteiger partial charge in [0.2, 0.25) is 11.5 Å². The number of amides is 1. The highest BCUT2D eigenvalue weighted by Gasteiger charge is 2.15. The Morgan fingerprint density at radius 1 is 1.09 bits per heavy atom. The number of nitrogens with one attached hydrogen (secondary N) is 2. The molecule has 12 heteroatoms. The summed E-state index contributed by atoms with van der Waals surface area (Å²) >= 11 is 18.8. The Balaban J connectivity index is 1.54. The summed E-state index contributed by atoms with van der Waals surface area (Å²) in [4.78, 5) is 11.9. The van der Waals surface area contributed by atoms with Crippen molar-refractivity contribution in [1.82, 2.24) is 20.9 Å². The molecule has 0 bridgehead atoms. The third kappa shape index (κ3) is 5.95. The zero-order valence-electron chi connectivity index (χ0n) is 17.0. The van der Waals surface area contributed by atoms with E-state index in [9.17, 15) is 4.79 Å². The van der Waals surface area contributed by atoms with Crippen LogP contribution in [0, 0.1) is 0 Å². The van der Waals surface area contributed by atoms with E-state index in [-0.39, 0.29) is 18.1 Å². The van der Waals surface area contributed by atoms with Crippen LogP contribution in [0.1, 0.15) is 21.6 Å². The van der Waals surface area contributed by atoms with E-state index in [4.69, 9.17) is 50.0 Å². The molecule has 3 rings (SSSR count). The lowest BCUT2D eigenvalue weighted by molar-refractivity contribution is 0.0944. The minimum Gasteiger partial charge on any atom is -0.493 e. The molecule has 1 amide bonds. The van der Waals surface area contributed by atoms with Crippen molar-refractivity contribution < 1.29 is 18.9 Å². The van der Waals surface area contributed by atoms with Crippen molar-refractivity contribution in [2.24, 2.45) is 0 Å². The molecule has 0 saturated heterocycles. The molecule has 0 atom stereocenters. The lowest BCUT2D eigenvalue weighted by Crippen LogP contribution is -2.32. The number of carbonyl (C=O) groups is 1. The number of nitrogen functional groups attached to an aromatic ring is 1. The van der Waals surface area contributed by atoms with Crippen molar-refractivity contribution in [3.63, 3.8) is 0 Å². The lowest BCUT2D eigenvalue weighted by atomic mass is 10.2. The number of halogens is 3. The second-order valence-corrected chi connectivity index (χ2v) is 7.74. The fourth-order valence-corrected chi connectivity index (χ4v) is 3.46. The van der Waals surface area contributed by atoms with Crippen LogP contribution in [0.3, 0.4) is 0 Å². The summed E-state index contributed by atoms with van der Waals surface area (Å²) in [6, 6.07) is 8.69. The number of benzene rings is 2. The molecule has 0 unspecified atom stereocenters. The fourth-order valence-electron chi connectivity index (χ4n) is 2.73. The van der Waals surface area contributed by atoms with Gasteiger partial charge in [-0.2, -0.15) is 0 Å². The number of carbonyl (C=O) groups excluding carboxylic acids is 1. The van der Waals surface area contributed by atoms with E-state index in [0.717, 1.165) is 5.56 Å². The first-order valence-electron chi connectivity index (χ1n) is 9.39. The number of anilines is 1. The van der Waals surface area contributed by atoms with Gasteiger partial charge in [0.1, 0.15) is 6.61 Å². The summed E-state index contributed by atoms with van der Waals surface area (Å²) in [6.07, 6.45) is 0. The number of hydrogen-bond donors (Lipinski definition) is 3. The summed E-state index contributed by atoms with van der Waals surface area (Å²) in [5.41, 5.74) is 6.90. The van der Waals surface area contributed by atoms with E-state index in [1.807, 2.05) is 0 Å². The van der Waals surface area contributed by atoms with Gasteiger partial charge in [-0.25, -0.2) is 4.63 Å². The highest BCUT2D eigenvalue weighted by Crippen LogP contribution is 2.35. The summed E-state index contributed by atoms with van der Waals surface area (Å²) in [5, 5.41) is 14.2. The molecule has 0 fully saturated rings. The summed E-state index contributed by atoms with van der Waals surface area (Å²) in [6.45, 7) is 1.40. The summed E-state index contributed by atoms with van der Waals surface area (Å²) in [7, 11) is 1.54. The van der Waals surface area contributed by atoms with Gasteiger partial charge in [0, 0.05) is 46.3 Å². The standard InChI is InChI=1S/C20H20Cl3N5O4/c1-30-16-7-11(9-25-5-6-26-20(29)18-19(24)28-32-27-18)15(23)8-17(16)31-10-12-13(21)3-2-4-14(12)22/h2-4,7-8,25H,5-6,9-10H2,1H3,(H2,24,28)(H,26,29). The molecule has 32 heavy (non-hydrogen) atoms. The number of nitrogens with two attached hydrogens (primary N) is 1. The monoisotopic (exact) mass is 499 g/mol. The molecule has 0 spiro atoms. The molecular formula is C20H20Cl3N5O4. The molecule has 1 aromatic heterocycles. The van der Waals surface area contributed by atoms with Gasteiger partial charge in [-0.15, -0.1) is 0 Å². The SMILES string of the molecule is COc1cc(CNCCNC(=O)c2nonc2N)c(Cl)cc1OCc1c(Cl)cccc1Cl. The average Bonchev–Trinajstić information content (AvgIpc) is 3.20. The number of aromatic nitrogens is 2. The number of hydrogen-bond acceptors (Lipinski definition) is 8. The van der Waals surface area contributed by atoms with Crippen molar-refractivity contribution >= 4 is 46.5 Å². The molecule has 0 saturated carbocycles. The van der Waals surface area contributed by atoms with Crippen LogP contribution in [0.25, 0.3) is 0 Å². The average molecular weight is 501 g/mol. The minimum absolute atomic E-state index is 0.0496. The van der Waals surface area contributed by atoms with Crippen molar-refractivity contribution in [3.05, 3.63) is 62.2 Å². The van der Waals surface area contributed by atoms with Crippen LogP contribution in [-0.4, -0.2) is 36.4 Å². The summed E-state index contributed by atoms with van der Waals surface area (Å²) < 4.78 is 15.7. The van der Waals surface area contributed by atoms with Gasteiger partial charge in [-0.3, -0.25) is 4.79 Å². The largest absolute Gasteiger partial charge is 0.493 e. The Kier molecular flexibility index (Phi) is 8.40. The Bertz CT molecular complexity index is 1070. The van der Waals surface area contributed by atoms with E-state index in [1.165, 1.54) is 7.11 Å². The molecule has 2 aromatic carbocycles. The molecule has 0 radical (unpaired) electrons.